The molecule has 92 valence electrons. The van der Waals surface area contributed by atoms with E-state index in [0.717, 1.165) is 17.8 Å². The molecule has 0 fully saturated rings. The lowest BCUT2D eigenvalue weighted by Crippen LogP contribution is -2.02. The summed E-state index contributed by atoms with van der Waals surface area (Å²) in [6.07, 6.45) is 2.83. The van der Waals surface area contributed by atoms with E-state index < -0.39 is 16.6 Å². The van der Waals surface area contributed by atoms with Gasteiger partial charge in [0, 0.05) is 11.0 Å². The Kier molecular flexibility index (Phi) is 3.28. The number of rotatable bonds is 4. The van der Waals surface area contributed by atoms with Gasteiger partial charge in [0.2, 0.25) is 0 Å². The first-order chi connectivity index (χ1) is 8.58. The molecule has 18 heavy (non-hydrogen) atoms. The van der Waals surface area contributed by atoms with Crippen molar-refractivity contribution in [3.8, 4) is 0 Å². The number of carbonyl (C=O) groups is 1. The monoisotopic (exact) mass is 266 g/mol. The smallest absolute Gasteiger partial charge is 0.342 e. The lowest BCUT2D eigenvalue weighted by Gasteiger charge is -2.01. The normalized spacial score (nSPS) is 10.2. The van der Waals surface area contributed by atoms with Gasteiger partial charge in [-0.25, -0.2) is 9.78 Å². The average Bonchev–Trinajstić information content (AvgIpc) is 2.81. The number of hydrogen-bond donors (Lipinski definition) is 1. The quantitative estimate of drug-likeness (QED) is 0.668. The maximum absolute atomic E-state index is 10.9. The number of carboxylic acids is 1. The van der Waals surface area contributed by atoms with E-state index in [2.05, 4.69) is 4.98 Å². The van der Waals surface area contributed by atoms with Crippen molar-refractivity contribution in [2.45, 2.75) is 10.1 Å². The Morgan fingerprint density at radius 2 is 2.28 bits per heavy atom. The second kappa shape index (κ2) is 4.88. The average molecular weight is 266 g/mol. The van der Waals surface area contributed by atoms with Crippen LogP contribution >= 0.6 is 11.8 Å². The highest BCUT2D eigenvalue weighted by Gasteiger charge is 2.20. The van der Waals surface area contributed by atoms with Crippen molar-refractivity contribution in [2.24, 2.45) is 0 Å². The minimum absolute atomic E-state index is 0.334. The van der Waals surface area contributed by atoms with Gasteiger partial charge in [0.15, 0.2) is 0 Å². The van der Waals surface area contributed by atoms with Crippen LogP contribution in [0.25, 0.3) is 0 Å². The Bertz CT molecular complexity index is 596. The zero-order valence-electron chi connectivity index (χ0n) is 8.77. The van der Waals surface area contributed by atoms with E-state index in [-0.39, 0.29) is 5.56 Å². The highest BCUT2D eigenvalue weighted by atomic mass is 32.2. The summed E-state index contributed by atoms with van der Waals surface area (Å²) >= 11 is 1.08. The Labute approximate surface area is 105 Å². The molecule has 7 nitrogen and oxygen atoms in total. The van der Waals surface area contributed by atoms with E-state index in [9.17, 15) is 14.9 Å². The van der Waals surface area contributed by atoms with Crippen molar-refractivity contribution in [1.29, 1.82) is 0 Å². The number of nitro groups is 1. The molecule has 0 aliphatic carbocycles. The van der Waals surface area contributed by atoms with Crippen LogP contribution in [-0.2, 0) is 0 Å². The van der Waals surface area contributed by atoms with Crippen LogP contribution in [0.3, 0.4) is 0 Å². The second-order valence-electron chi connectivity index (χ2n) is 3.14. The third-order valence-corrected chi connectivity index (χ3v) is 2.88. The molecule has 1 heterocycles. The Morgan fingerprint density at radius 3 is 2.83 bits per heavy atom. The van der Waals surface area contributed by atoms with Gasteiger partial charge in [-0.15, -0.1) is 0 Å². The van der Waals surface area contributed by atoms with Gasteiger partial charge in [-0.05, 0) is 23.9 Å². The number of aromatic carboxylic acids is 1. The van der Waals surface area contributed by atoms with Crippen molar-refractivity contribution < 1.29 is 19.2 Å². The molecule has 0 saturated carbocycles. The maximum Gasteiger partial charge on any atom is 0.342 e. The Hall–Kier alpha value is -2.35. The summed E-state index contributed by atoms with van der Waals surface area (Å²) in [5.41, 5.74) is -0.809. The molecule has 0 spiro atoms. The molecule has 0 saturated heterocycles. The fourth-order valence-corrected chi connectivity index (χ4v) is 2.00. The molecular weight excluding hydrogens is 260 g/mol. The molecule has 2 aromatic rings. The summed E-state index contributed by atoms with van der Waals surface area (Å²) in [5.74, 6) is -1.35. The number of hydrogen-bond acceptors (Lipinski definition) is 6. The summed E-state index contributed by atoms with van der Waals surface area (Å²) in [4.78, 5) is 25.2. The molecular formula is C10H6N2O5S. The van der Waals surface area contributed by atoms with Crippen molar-refractivity contribution in [3.63, 3.8) is 0 Å². The Balaban J connectivity index is 2.37. The lowest BCUT2D eigenvalue weighted by molar-refractivity contribution is -0.385. The number of oxazole rings is 1. The van der Waals surface area contributed by atoms with E-state index >= 15 is 0 Å². The van der Waals surface area contributed by atoms with Gasteiger partial charge in [-0.2, -0.15) is 0 Å². The van der Waals surface area contributed by atoms with E-state index in [1.165, 1.54) is 24.6 Å². The molecule has 0 amide bonds. The van der Waals surface area contributed by atoms with Crippen LogP contribution in [0.2, 0.25) is 0 Å². The number of carboxylic acid groups (broad SMARTS) is 1. The van der Waals surface area contributed by atoms with Crippen molar-refractivity contribution in [2.75, 3.05) is 0 Å². The third kappa shape index (κ3) is 2.48. The minimum Gasteiger partial charge on any atom is -0.477 e. The number of aromatic nitrogens is 1. The molecule has 0 aliphatic rings. The molecule has 8 heteroatoms. The molecule has 1 aromatic heterocycles. The van der Waals surface area contributed by atoms with Gasteiger partial charge in [-0.3, -0.25) is 10.1 Å². The van der Waals surface area contributed by atoms with E-state index in [4.69, 9.17) is 9.52 Å². The van der Waals surface area contributed by atoms with E-state index in [1.54, 1.807) is 0 Å². The summed E-state index contributed by atoms with van der Waals surface area (Å²) in [5, 5.41) is 19.9. The zero-order chi connectivity index (χ0) is 13.1. The molecule has 0 atom stereocenters. The standard InChI is InChI=1S/C10H6N2O5S/c13-9(14)7-5-6(1-2-8(7)12(15)16)18-10-11-3-4-17-10/h1-5H,(H,13,14). The molecule has 2 rings (SSSR count). The zero-order valence-corrected chi connectivity index (χ0v) is 9.59. The van der Waals surface area contributed by atoms with Crippen LogP contribution in [0.4, 0.5) is 5.69 Å². The van der Waals surface area contributed by atoms with E-state index in [0.29, 0.717) is 10.1 Å². The van der Waals surface area contributed by atoms with Crippen LogP contribution < -0.4 is 0 Å². The summed E-state index contributed by atoms with van der Waals surface area (Å²) in [6.45, 7) is 0. The van der Waals surface area contributed by atoms with Gasteiger partial charge >= 0.3 is 5.97 Å². The van der Waals surface area contributed by atoms with Gasteiger partial charge in [-0.1, -0.05) is 0 Å². The largest absolute Gasteiger partial charge is 0.477 e. The van der Waals surface area contributed by atoms with Crippen LogP contribution in [-0.4, -0.2) is 21.0 Å². The predicted octanol–water partition coefficient (Wildman–Crippen LogP) is 2.43. The third-order valence-electron chi connectivity index (χ3n) is 2.01. The van der Waals surface area contributed by atoms with Crippen LogP contribution in [0, 0.1) is 10.1 Å². The first-order valence-corrected chi connectivity index (χ1v) is 5.48. The summed E-state index contributed by atoms with van der Waals surface area (Å²) in [7, 11) is 0. The number of nitrogens with zero attached hydrogens (tertiary/aromatic N) is 2. The number of nitro benzene ring substituents is 1. The molecule has 1 N–H and O–H groups in total. The van der Waals surface area contributed by atoms with Gasteiger partial charge in [0.05, 0.1) is 11.1 Å². The van der Waals surface area contributed by atoms with E-state index in [1.807, 2.05) is 0 Å². The van der Waals surface area contributed by atoms with Gasteiger partial charge in [0.1, 0.15) is 11.8 Å². The maximum atomic E-state index is 10.9. The van der Waals surface area contributed by atoms with Crippen LogP contribution in [0.15, 0.2) is 45.2 Å². The summed E-state index contributed by atoms with van der Waals surface area (Å²) in [6, 6.07) is 3.81. The first kappa shape index (κ1) is 12.1. The molecule has 1 aromatic carbocycles. The highest BCUT2D eigenvalue weighted by molar-refractivity contribution is 7.99. The molecule has 0 radical (unpaired) electrons. The Morgan fingerprint density at radius 1 is 1.50 bits per heavy atom. The number of benzene rings is 1. The molecule has 0 unspecified atom stereocenters. The molecule has 0 aliphatic heterocycles. The van der Waals surface area contributed by atoms with Gasteiger partial charge in [0.25, 0.3) is 10.9 Å². The fraction of sp³-hybridized carbons (Fsp3) is 0. The predicted molar refractivity (Wildman–Crippen MR) is 60.7 cm³/mol. The SMILES string of the molecule is O=C(O)c1cc(Sc2ncco2)ccc1[N+](=O)[O-]. The van der Waals surface area contributed by atoms with Crippen molar-refractivity contribution >= 4 is 23.4 Å². The van der Waals surface area contributed by atoms with Crippen molar-refractivity contribution in [3.05, 3.63) is 46.3 Å². The lowest BCUT2D eigenvalue weighted by atomic mass is 10.2. The van der Waals surface area contributed by atoms with Crippen LogP contribution in [0.1, 0.15) is 10.4 Å². The summed E-state index contributed by atoms with van der Waals surface area (Å²) < 4.78 is 4.99. The highest BCUT2D eigenvalue weighted by Crippen LogP contribution is 2.30. The second-order valence-corrected chi connectivity index (χ2v) is 4.17. The van der Waals surface area contributed by atoms with Gasteiger partial charge < -0.3 is 9.52 Å². The first-order valence-electron chi connectivity index (χ1n) is 4.67. The minimum atomic E-state index is -1.35. The molecule has 0 bridgehead atoms. The fourth-order valence-electron chi connectivity index (χ4n) is 1.27. The topological polar surface area (TPSA) is 106 Å². The van der Waals surface area contributed by atoms with Crippen molar-refractivity contribution in [1.82, 2.24) is 4.98 Å². The van der Waals surface area contributed by atoms with Crippen LogP contribution in [0.5, 0.6) is 0 Å².